The normalized spacial score (nSPS) is 14.1. The van der Waals surface area contributed by atoms with Crippen LogP contribution in [-0.4, -0.2) is 4.98 Å². The molecule has 2 atom stereocenters. The SMILES string of the molecule is CC(NC(C)c1cc(Cl)ccc1Cl)c1ccncc1. The van der Waals surface area contributed by atoms with Crippen LogP contribution in [0.5, 0.6) is 0 Å². The molecule has 4 heteroatoms. The fourth-order valence-electron chi connectivity index (χ4n) is 2.06. The van der Waals surface area contributed by atoms with Gasteiger partial charge in [-0.2, -0.15) is 0 Å². The van der Waals surface area contributed by atoms with E-state index < -0.39 is 0 Å². The highest BCUT2D eigenvalue weighted by molar-refractivity contribution is 6.33. The van der Waals surface area contributed by atoms with E-state index in [1.54, 1.807) is 18.5 Å². The molecule has 0 aliphatic carbocycles. The van der Waals surface area contributed by atoms with E-state index >= 15 is 0 Å². The van der Waals surface area contributed by atoms with Crippen LogP contribution < -0.4 is 5.32 Å². The molecule has 0 saturated heterocycles. The minimum atomic E-state index is 0.120. The molecule has 0 amide bonds. The van der Waals surface area contributed by atoms with Gasteiger partial charge in [-0.25, -0.2) is 0 Å². The Morgan fingerprint density at radius 2 is 1.68 bits per heavy atom. The van der Waals surface area contributed by atoms with Crippen molar-refractivity contribution < 1.29 is 0 Å². The summed E-state index contributed by atoms with van der Waals surface area (Å²) in [5.41, 5.74) is 2.20. The average molecular weight is 295 g/mol. The number of halogens is 2. The Kier molecular flexibility index (Phi) is 4.81. The third-order valence-electron chi connectivity index (χ3n) is 3.13. The van der Waals surface area contributed by atoms with E-state index in [0.717, 1.165) is 10.6 Å². The first-order valence-electron chi connectivity index (χ1n) is 6.19. The first kappa shape index (κ1) is 14.3. The van der Waals surface area contributed by atoms with Gasteiger partial charge in [-0.3, -0.25) is 4.98 Å². The maximum absolute atomic E-state index is 6.21. The molecular weight excluding hydrogens is 279 g/mol. The molecule has 19 heavy (non-hydrogen) atoms. The second-order valence-electron chi connectivity index (χ2n) is 4.56. The Balaban J connectivity index is 2.13. The van der Waals surface area contributed by atoms with Gasteiger partial charge in [0.05, 0.1) is 0 Å². The number of aromatic nitrogens is 1. The predicted molar refractivity (Wildman–Crippen MR) is 80.7 cm³/mol. The van der Waals surface area contributed by atoms with Crippen molar-refractivity contribution in [3.8, 4) is 0 Å². The largest absolute Gasteiger partial charge is 0.304 e. The van der Waals surface area contributed by atoms with Crippen molar-refractivity contribution in [3.05, 3.63) is 63.9 Å². The highest BCUT2D eigenvalue weighted by Crippen LogP contribution is 2.27. The van der Waals surface area contributed by atoms with Gasteiger partial charge >= 0.3 is 0 Å². The fourth-order valence-corrected chi connectivity index (χ4v) is 2.52. The molecular formula is C15H16Cl2N2. The highest BCUT2D eigenvalue weighted by Gasteiger charge is 2.14. The van der Waals surface area contributed by atoms with Crippen LogP contribution in [0.25, 0.3) is 0 Å². The Morgan fingerprint density at radius 3 is 2.37 bits per heavy atom. The molecule has 2 aromatic rings. The lowest BCUT2D eigenvalue weighted by molar-refractivity contribution is 0.494. The van der Waals surface area contributed by atoms with Crippen molar-refractivity contribution in [2.45, 2.75) is 25.9 Å². The van der Waals surface area contributed by atoms with Crippen molar-refractivity contribution in [1.29, 1.82) is 0 Å². The molecule has 1 aromatic carbocycles. The lowest BCUT2D eigenvalue weighted by Crippen LogP contribution is -2.22. The van der Waals surface area contributed by atoms with Crippen molar-refractivity contribution in [2.24, 2.45) is 0 Å². The summed E-state index contributed by atoms with van der Waals surface area (Å²) in [6.45, 7) is 4.19. The first-order chi connectivity index (χ1) is 9.08. The van der Waals surface area contributed by atoms with Gasteiger partial charge in [0.2, 0.25) is 0 Å². The van der Waals surface area contributed by atoms with Gasteiger partial charge in [-0.15, -0.1) is 0 Å². The van der Waals surface area contributed by atoms with Gasteiger partial charge in [0.1, 0.15) is 0 Å². The second-order valence-corrected chi connectivity index (χ2v) is 5.40. The Morgan fingerprint density at radius 1 is 1.00 bits per heavy atom. The fraction of sp³-hybridized carbons (Fsp3) is 0.267. The minimum Gasteiger partial charge on any atom is -0.304 e. The molecule has 0 radical (unpaired) electrons. The molecule has 0 fully saturated rings. The van der Waals surface area contributed by atoms with Gasteiger partial charge in [-0.05, 0) is 55.3 Å². The number of nitrogens with one attached hydrogen (secondary N) is 1. The van der Waals surface area contributed by atoms with Crippen LogP contribution >= 0.6 is 23.2 Å². The number of pyridine rings is 1. The van der Waals surface area contributed by atoms with Crippen molar-refractivity contribution in [1.82, 2.24) is 10.3 Å². The zero-order valence-electron chi connectivity index (χ0n) is 10.9. The zero-order valence-corrected chi connectivity index (χ0v) is 12.4. The molecule has 2 rings (SSSR count). The van der Waals surface area contributed by atoms with Crippen LogP contribution in [0.1, 0.15) is 37.1 Å². The van der Waals surface area contributed by atoms with E-state index in [4.69, 9.17) is 23.2 Å². The number of nitrogens with zero attached hydrogens (tertiary/aromatic N) is 1. The maximum Gasteiger partial charge on any atom is 0.0454 e. The molecule has 0 saturated carbocycles. The van der Waals surface area contributed by atoms with Crippen LogP contribution in [0.2, 0.25) is 10.0 Å². The lowest BCUT2D eigenvalue weighted by atomic mass is 10.1. The molecule has 0 spiro atoms. The van der Waals surface area contributed by atoms with Gasteiger partial charge < -0.3 is 5.32 Å². The Hall–Kier alpha value is -1.09. The standard InChI is InChI=1S/C15H16Cl2N2/c1-10(12-5-7-18-8-6-12)19-11(2)14-9-13(16)3-4-15(14)17/h3-11,19H,1-2H3. The van der Waals surface area contributed by atoms with Gasteiger partial charge in [-0.1, -0.05) is 23.2 Å². The summed E-state index contributed by atoms with van der Waals surface area (Å²) in [7, 11) is 0. The summed E-state index contributed by atoms with van der Waals surface area (Å²) in [5.74, 6) is 0. The number of hydrogen-bond acceptors (Lipinski definition) is 2. The third-order valence-corrected chi connectivity index (χ3v) is 3.71. The van der Waals surface area contributed by atoms with Gasteiger partial charge in [0.15, 0.2) is 0 Å². The molecule has 0 bridgehead atoms. The Bertz CT molecular complexity index is 543. The third kappa shape index (κ3) is 3.69. The van der Waals surface area contributed by atoms with Crippen molar-refractivity contribution in [3.63, 3.8) is 0 Å². The van der Waals surface area contributed by atoms with Crippen LogP contribution in [0.15, 0.2) is 42.7 Å². The summed E-state index contributed by atoms with van der Waals surface area (Å²) in [5, 5.41) is 4.94. The van der Waals surface area contributed by atoms with E-state index in [2.05, 4.69) is 24.1 Å². The van der Waals surface area contributed by atoms with Crippen molar-refractivity contribution >= 4 is 23.2 Å². The average Bonchev–Trinajstić information content (AvgIpc) is 2.42. The van der Waals surface area contributed by atoms with E-state index in [1.165, 1.54) is 5.56 Å². The molecule has 1 heterocycles. The molecule has 0 aliphatic rings. The lowest BCUT2D eigenvalue weighted by Gasteiger charge is -2.21. The molecule has 2 unspecified atom stereocenters. The highest BCUT2D eigenvalue weighted by atomic mass is 35.5. The summed E-state index contributed by atoms with van der Waals surface area (Å²) < 4.78 is 0. The number of benzene rings is 1. The molecule has 1 N–H and O–H groups in total. The Labute approximate surface area is 123 Å². The second kappa shape index (κ2) is 6.38. The molecule has 2 nitrogen and oxygen atoms in total. The van der Waals surface area contributed by atoms with Crippen LogP contribution in [0.4, 0.5) is 0 Å². The van der Waals surface area contributed by atoms with E-state index in [-0.39, 0.29) is 12.1 Å². The number of hydrogen-bond donors (Lipinski definition) is 1. The summed E-state index contributed by atoms with van der Waals surface area (Å²) >= 11 is 12.2. The van der Waals surface area contributed by atoms with E-state index in [0.29, 0.717) is 5.02 Å². The van der Waals surface area contributed by atoms with Crippen LogP contribution in [0, 0.1) is 0 Å². The minimum absolute atomic E-state index is 0.120. The van der Waals surface area contributed by atoms with E-state index in [1.807, 2.05) is 24.3 Å². The predicted octanol–water partition coefficient (Wildman–Crippen LogP) is 4.80. The summed E-state index contributed by atoms with van der Waals surface area (Å²) in [4.78, 5) is 4.02. The maximum atomic E-state index is 6.21. The smallest absolute Gasteiger partial charge is 0.0454 e. The van der Waals surface area contributed by atoms with Gasteiger partial charge in [0, 0.05) is 34.5 Å². The van der Waals surface area contributed by atoms with Crippen LogP contribution in [0.3, 0.4) is 0 Å². The topological polar surface area (TPSA) is 24.9 Å². The van der Waals surface area contributed by atoms with Crippen LogP contribution in [-0.2, 0) is 0 Å². The molecule has 100 valence electrons. The summed E-state index contributed by atoms with van der Waals surface area (Å²) in [6, 6.07) is 9.87. The van der Waals surface area contributed by atoms with E-state index in [9.17, 15) is 0 Å². The zero-order chi connectivity index (χ0) is 13.8. The summed E-state index contributed by atoms with van der Waals surface area (Å²) in [6.07, 6.45) is 3.59. The molecule has 0 aliphatic heterocycles. The monoisotopic (exact) mass is 294 g/mol. The van der Waals surface area contributed by atoms with Gasteiger partial charge in [0.25, 0.3) is 0 Å². The first-order valence-corrected chi connectivity index (χ1v) is 6.94. The number of rotatable bonds is 4. The van der Waals surface area contributed by atoms with Crippen molar-refractivity contribution in [2.75, 3.05) is 0 Å². The molecule has 1 aromatic heterocycles. The quantitative estimate of drug-likeness (QED) is 0.876.